The lowest BCUT2D eigenvalue weighted by molar-refractivity contribution is -0.0500. The van der Waals surface area contributed by atoms with Crippen molar-refractivity contribution in [3.8, 4) is 0 Å². The average Bonchev–Trinajstić information content (AvgIpc) is 2.90. The Morgan fingerprint density at radius 1 is 1.25 bits per heavy atom. The Bertz CT molecular complexity index is 646. The molecule has 0 radical (unpaired) electrons. The number of hydrogen-bond donors (Lipinski definition) is 5. The number of aromatic nitrogens is 4. The Kier molecular flexibility index (Phi) is 2.94. The van der Waals surface area contributed by atoms with Crippen LogP contribution in [0.2, 0.25) is 0 Å². The fraction of sp³-hybridized carbons (Fsp3) is 0.500. The molecule has 7 N–H and O–H groups in total. The third-order valence-electron chi connectivity index (χ3n) is 3.30. The maximum absolute atomic E-state index is 10.0. The highest BCUT2D eigenvalue weighted by Gasteiger charge is 2.44. The van der Waals surface area contributed by atoms with Crippen LogP contribution in [-0.2, 0) is 4.74 Å². The number of aliphatic hydroxyl groups is 3. The molecule has 10 nitrogen and oxygen atoms in total. The number of imidazole rings is 1. The highest BCUT2D eigenvalue weighted by Crippen LogP contribution is 2.33. The van der Waals surface area contributed by atoms with Gasteiger partial charge in [0.1, 0.15) is 24.6 Å². The van der Waals surface area contributed by atoms with E-state index in [-0.39, 0.29) is 22.9 Å². The molecule has 1 aliphatic heterocycles. The summed E-state index contributed by atoms with van der Waals surface area (Å²) >= 11 is 0. The van der Waals surface area contributed by atoms with Crippen molar-refractivity contribution >= 4 is 22.9 Å². The van der Waals surface area contributed by atoms with E-state index in [9.17, 15) is 10.2 Å². The van der Waals surface area contributed by atoms with Crippen molar-refractivity contribution in [1.29, 1.82) is 0 Å². The van der Waals surface area contributed by atoms with Crippen LogP contribution in [0.15, 0.2) is 6.33 Å². The second-order valence-corrected chi connectivity index (χ2v) is 4.50. The second-order valence-electron chi connectivity index (χ2n) is 4.50. The minimum absolute atomic E-state index is 0.0158. The first-order chi connectivity index (χ1) is 9.54. The first-order valence-corrected chi connectivity index (χ1v) is 5.91. The molecule has 20 heavy (non-hydrogen) atoms. The molecule has 3 heterocycles. The minimum atomic E-state index is -1.27. The molecule has 4 atom stereocenters. The van der Waals surface area contributed by atoms with Gasteiger partial charge in [0.25, 0.3) is 0 Å². The zero-order chi connectivity index (χ0) is 14.4. The van der Waals surface area contributed by atoms with Crippen LogP contribution in [0.5, 0.6) is 0 Å². The minimum Gasteiger partial charge on any atom is -0.394 e. The maximum Gasteiger partial charge on any atom is 0.204 e. The van der Waals surface area contributed by atoms with Gasteiger partial charge in [0.2, 0.25) is 5.95 Å². The number of nitrogens with two attached hydrogens (primary N) is 2. The van der Waals surface area contributed by atoms with Crippen molar-refractivity contribution in [2.75, 3.05) is 18.1 Å². The van der Waals surface area contributed by atoms with E-state index in [1.165, 1.54) is 10.9 Å². The predicted octanol–water partition coefficient (Wildman–Crippen LogP) is -2.40. The van der Waals surface area contributed by atoms with E-state index in [1.54, 1.807) is 0 Å². The summed E-state index contributed by atoms with van der Waals surface area (Å²) in [7, 11) is 0. The van der Waals surface area contributed by atoms with Crippen LogP contribution in [0.3, 0.4) is 0 Å². The number of nitrogens with zero attached hydrogens (tertiary/aromatic N) is 4. The van der Waals surface area contributed by atoms with Gasteiger partial charge in [-0.05, 0) is 0 Å². The SMILES string of the molecule is Nc1ncnc2c1nc(N)n2C1O[C@H](CO)[C@@H](O)[C@H]1O. The average molecular weight is 282 g/mol. The smallest absolute Gasteiger partial charge is 0.204 e. The monoisotopic (exact) mass is 282 g/mol. The number of ether oxygens (including phenoxy) is 1. The van der Waals surface area contributed by atoms with Gasteiger partial charge in [-0.25, -0.2) is 15.0 Å². The maximum atomic E-state index is 10.0. The zero-order valence-corrected chi connectivity index (χ0v) is 10.3. The van der Waals surface area contributed by atoms with E-state index in [1.807, 2.05) is 0 Å². The molecule has 0 aliphatic carbocycles. The summed E-state index contributed by atoms with van der Waals surface area (Å²) in [5.41, 5.74) is 12.0. The van der Waals surface area contributed by atoms with Crippen LogP contribution in [0, 0.1) is 0 Å². The number of rotatable bonds is 2. The van der Waals surface area contributed by atoms with Crippen LogP contribution >= 0.6 is 0 Å². The summed E-state index contributed by atoms with van der Waals surface area (Å²) in [5, 5.41) is 28.9. The Morgan fingerprint density at radius 3 is 2.65 bits per heavy atom. The van der Waals surface area contributed by atoms with Gasteiger partial charge in [0.15, 0.2) is 23.2 Å². The van der Waals surface area contributed by atoms with Crippen molar-refractivity contribution in [2.24, 2.45) is 0 Å². The lowest BCUT2D eigenvalue weighted by Gasteiger charge is -2.17. The topological polar surface area (TPSA) is 166 Å². The molecule has 2 aromatic rings. The number of aliphatic hydroxyl groups excluding tert-OH is 3. The fourth-order valence-corrected chi connectivity index (χ4v) is 2.29. The third kappa shape index (κ3) is 1.70. The molecule has 0 aromatic carbocycles. The number of anilines is 2. The molecule has 1 fully saturated rings. The molecule has 1 unspecified atom stereocenters. The third-order valence-corrected chi connectivity index (χ3v) is 3.30. The highest BCUT2D eigenvalue weighted by molar-refractivity contribution is 5.83. The zero-order valence-electron chi connectivity index (χ0n) is 10.3. The first kappa shape index (κ1) is 13.0. The molecule has 1 saturated heterocycles. The lowest BCUT2D eigenvalue weighted by Crippen LogP contribution is -2.33. The van der Waals surface area contributed by atoms with Gasteiger partial charge in [-0.3, -0.25) is 4.57 Å². The summed E-state index contributed by atoms with van der Waals surface area (Å²) < 4.78 is 6.72. The predicted molar refractivity (Wildman–Crippen MR) is 67.2 cm³/mol. The quantitative estimate of drug-likeness (QED) is 0.403. The first-order valence-electron chi connectivity index (χ1n) is 5.91. The van der Waals surface area contributed by atoms with Crippen LogP contribution < -0.4 is 11.5 Å². The van der Waals surface area contributed by atoms with Crippen LogP contribution in [0.4, 0.5) is 11.8 Å². The van der Waals surface area contributed by atoms with E-state index in [4.69, 9.17) is 21.3 Å². The van der Waals surface area contributed by atoms with E-state index >= 15 is 0 Å². The number of hydrogen-bond acceptors (Lipinski definition) is 9. The molecule has 0 bridgehead atoms. The Labute approximate surface area is 112 Å². The van der Waals surface area contributed by atoms with Gasteiger partial charge in [0, 0.05) is 0 Å². The standard InChI is InChI=1S/C10H14N6O4/c11-7-4-8(14-2-13-7)16(10(12)15-4)9-6(19)5(18)3(1-17)20-9/h2-3,5-6,9,17-19H,1H2,(H2,12,15)(H2,11,13,14)/t3-,5-,6-,9?/m1/s1. The van der Waals surface area contributed by atoms with E-state index in [0.717, 1.165) is 0 Å². The van der Waals surface area contributed by atoms with Crippen molar-refractivity contribution in [3.05, 3.63) is 6.33 Å². The highest BCUT2D eigenvalue weighted by atomic mass is 16.6. The summed E-state index contributed by atoms with van der Waals surface area (Å²) in [5.74, 6) is 0.161. The fourth-order valence-electron chi connectivity index (χ4n) is 2.29. The molecular formula is C10H14N6O4. The molecule has 0 saturated carbocycles. The molecule has 1 aliphatic rings. The molecule has 2 aromatic heterocycles. The van der Waals surface area contributed by atoms with Crippen LogP contribution in [0.1, 0.15) is 6.23 Å². The molecular weight excluding hydrogens is 268 g/mol. The van der Waals surface area contributed by atoms with Crippen LogP contribution in [-0.4, -0.2) is 59.8 Å². The van der Waals surface area contributed by atoms with Crippen LogP contribution in [0.25, 0.3) is 11.2 Å². The summed E-state index contributed by atoms with van der Waals surface area (Å²) in [6.07, 6.45) is -3.20. The summed E-state index contributed by atoms with van der Waals surface area (Å²) in [6.45, 7) is -0.432. The summed E-state index contributed by atoms with van der Waals surface area (Å²) in [4.78, 5) is 11.8. The largest absolute Gasteiger partial charge is 0.394 e. The van der Waals surface area contributed by atoms with Crippen molar-refractivity contribution < 1.29 is 20.1 Å². The van der Waals surface area contributed by atoms with E-state index in [0.29, 0.717) is 0 Å². The normalized spacial score (nSPS) is 30.1. The molecule has 10 heteroatoms. The Morgan fingerprint density at radius 2 is 2.00 bits per heavy atom. The molecule has 3 rings (SSSR count). The van der Waals surface area contributed by atoms with Gasteiger partial charge in [-0.15, -0.1) is 0 Å². The Balaban J connectivity index is 2.11. The van der Waals surface area contributed by atoms with Gasteiger partial charge in [-0.2, -0.15) is 0 Å². The van der Waals surface area contributed by atoms with Gasteiger partial charge in [-0.1, -0.05) is 0 Å². The van der Waals surface area contributed by atoms with Crippen molar-refractivity contribution in [2.45, 2.75) is 24.5 Å². The Hall–Kier alpha value is -2.01. The van der Waals surface area contributed by atoms with Crippen molar-refractivity contribution in [3.63, 3.8) is 0 Å². The van der Waals surface area contributed by atoms with Gasteiger partial charge < -0.3 is 31.5 Å². The lowest BCUT2D eigenvalue weighted by atomic mass is 10.1. The number of nitrogen functional groups attached to an aromatic ring is 2. The van der Waals surface area contributed by atoms with E-state index in [2.05, 4.69) is 15.0 Å². The molecule has 0 spiro atoms. The van der Waals surface area contributed by atoms with Crippen molar-refractivity contribution in [1.82, 2.24) is 19.5 Å². The molecule has 0 amide bonds. The summed E-state index contributed by atoms with van der Waals surface area (Å²) in [6, 6.07) is 0. The number of fused-ring (bicyclic) bond motifs is 1. The second kappa shape index (κ2) is 4.52. The van der Waals surface area contributed by atoms with E-state index < -0.39 is 31.1 Å². The van der Waals surface area contributed by atoms with Gasteiger partial charge in [0.05, 0.1) is 6.61 Å². The van der Waals surface area contributed by atoms with Gasteiger partial charge >= 0.3 is 0 Å². The molecule has 108 valence electrons.